The highest BCUT2D eigenvalue weighted by Gasteiger charge is 2.03. The lowest BCUT2D eigenvalue weighted by molar-refractivity contribution is -0.438. The van der Waals surface area contributed by atoms with Crippen molar-refractivity contribution in [1.29, 1.82) is 0 Å². The van der Waals surface area contributed by atoms with E-state index >= 15 is 0 Å². The van der Waals surface area contributed by atoms with Gasteiger partial charge >= 0.3 is 0 Å². The molecular weight excluding hydrogens is 198 g/mol. The molecule has 5 nitrogen and oxygen atoms in total. The Hall–Kier alpha value is -0.980. The second-order valence-electron chi connectivity index (χ2n) is 1.89. The average molecular weight is 205 g/mol. The van der Waals surface area contributed by atoms with Crippen LogP contribution in [-0.4, -0.2) is 10.2 Å². The first kappa shape index (κ1) is 9.11. The molecule has 0 aliphatic rings. The second kappa shape index (κ2) is 4.15. The van der Waals surface area contributed by atoms with Crippen LogP contribution in [0.5, 0.6) is 0 Å². The molecule has 0 atom stereocenters. The molecule has 1 aromatic rings. The van der Waals surface area contributed by atoms with Crippen molar-refractivity contribution in [1.82, 2.24) is 10.5 Å². The number of hydrazine groups is 1. The predicted octanol–water partition coefficient (Wildman–Crippen LogP) is -0.291. The summed E-state index contributed by atoms with van der Waals surface area (Å²) in [7, 11) is 0. The van der Waals surface area contributed by atoms with Gasteiger partial charge in [0.25, 0.3) is 10.9 Å². The van der Waals surface area contributed by atoms with Crippen molar-refractivity contribution in [3.63, 3.8) is 0 Å². The van der Waals surface area contributed by atoms with E-state index in [4.69, 9.17) is 29.7 Å². The summed E-state index contributed by atoms with van der Waals surface area (Å²) in [6.07, 6.45) is 0. The molecule has 12 heavy (non-hydrogen) atoms. The summed E-state index contributed by atoms with van der Waals surface area (Å²) in [6, 6.07) is 3.32. The number of hydrogen-bond donors (Lipinski definition) is 3. The number of halogens is 1. The summed E-state index contributed by atoms with van der Waals surface area (Å²) in [5.41, 5.74) is 2.27. The van der Waals surface area contributed by atoms with Gasteiger partial charge < -0.3 is 0 Å². The molecule has 0 aliphatic carbocycles. The number of aromatic nitrogens is 2. The Morgan fingerprint density at radius 2 is 2.42 bits per heavy atom. The molecule has 0 spiro atoms. The third kappa shape index (κ3) is 2.57. The Kier molecular flexibility index (Phi) is 3.15. The summed E-state index contributed by atoms with van der Waals surface area (Å²) >= 11 is 10.3. The lowest BCUT2D eigenvalue weighted by Crippen LogP contribution is -2.36. The van der Waals surface area contributed by atoms with Gasteiger partial charge in [-0.15, -0.1) is 5.10 Å². The molecule has 0 amide bonds. The van der Waals surface area contributed by atoms with Gasteiger partial charge in [-0.05, 0) is 18.3 Å². The normalized spacial score (nSPS) is 9.17. The minimum Gasteiger partial charge on any atom is -0.281 e. The third-order valence-corrected chi connectivity index (χ3v) is 1.48. The van der Waals surface area contributed by atoms with E-state index in [9.17, 15) is 0 Å². The molecule has 1 rings (SSSR count). The van der Waals surface area contributed by atoms with Gasteiger partial charge in [-0.2, -0.15) is 0 Å². The van der Waals surface area contributed by atoms with Crippen molar-refractivity contribution < 1.29 is 5.10 Å². The van der Waals surface area contributed by atoms with E-state index in [2.05, 4.69) is 20.9 Å². The number of anilines is 1. The molecule has 1 heterocycles. The molecule has 5 N–H and O–H groups in total. The number of H-pyrrole nitrogens is 1. The monoisotopic (exact) mass is 204 g/mol. The van der Waals surface area contributed by atoms with E-state index in [1.165, 1.54) is 0 Å². The SMILES string of the molecule is NNC(=S)Nc1ccc(Cl)n[nH+]1. The summed E-state index contributed by atoms with van der Waals surface area (Å²) < 4.78 is 0. The number of thiocarbonyl (C=S) groups is 1. The maximum atomic E-state index is 5.54. The van der Waals surface area contributed by atoms with Gasteiger partial charge in [0.2, 0.25) is 0 Å². The molecular formula is C5H7ClN5S+. The Morgan fingerprint density at radius 1 is 1.67 bits per heavy atom. The van der Waals surface area contributed by atoms with Crippen LogP contribution in [-0.2, 0) is 0 Å². The fraction of sp³-hybridized carbons (Fsp3) is 0. The molecule has 0 unspecified atom stereocenters. The van der Waals surface area contributed by atoms with E-state index in [1.54, 1.807) is 12.1 Å². The highest BCUT2D eigenvalue weighted by atomic mass is 35.5. The zero-order valence-electron chi connectivity index (χ0n) is 5.97. The van der Waals surface area contributed by atoms with E-state index in [0.717, 1.165) is 0 Å². The van der Waals surface area contributed by atoms with Gasteiger partial charge in [0, 0.05) is 6.07 Å². The van der Waals surface area contributed by atoms with Crippen LogP contribution in [0.3, 0.4) is 0 Å². The van der Waals surface area contributed by atoms with Gasteiger partial charge in [0.05, 0.1) is 0 Å². The number of rotatable bonds is 1. The van der Waals surface area contributed by atoms with Crippen LogP contribution in [0.15, 0.2) is 12.1 Å². The number of nitrogens with one attached hydrogen (secondary N) is 3. The summed E-state index contributed by atoms with van der Waals surface area (Å²) in [5, 5.41) is 9.76. The molecule has 0 radical (unpaired) electrons. The molecule has 0 aliphatic heterocycles. The molecule has 0 aromatic carbocycles. The summed E-state index contributed by atoms with van der Waals surface area (Å²) in [5.74, 6) is 5.65. The summed E-state index contributed by atoms with van der Waals surface area (Å²) in [6.45, 7) is 0. The highest BCUT2D eigenvalue weighted by molar-refractivity contribution is 7.80. The quantitative estimate of drug-likeness (QED) is 0.333. The number of nitrogens with zero attached hydrogens (tertiary/aromatic N) is 1. The van der Waals surface area contributed by atoms with E-state index in [-0.39, 0.29) is 0 Å². The first-order chi connectivity index (χ1) is 5.72. The lowest BCUT2D eigenvalue weighted by atomic mass is 10.5. The Labute approximate surface area is 79.3 Å². The molecule has 7 heteroatoms. The van der Waals surface area contributed by atoms with Gasteiger partial charge in [-0.3, -0.25) is 5.43 Å². The van der Waals surface area contributed by atoms with Crippen LogP contribution >= 0.6 is 23.8 Å². The fourth-order valence-corrected chi connectivity index (χ4v) is 0.783. The first-order valence-electron chi connectivity index (χ1n) is 3.04. The molecule has 0 saturated carbocycles. The number of hydrogen-bond acceptors (Lipinski definition) is 3. The summed E-state index contributed by atoms with van der Waals surface area (Å²) in [4.78, 5) is 0. The van der Waals surface area contributed by atoms with Crippen molar-refractivity contribution in [3.8, 4) is 0 Å². The Bertz CT molecular complexity index is 274. The molecule has 0 saturated heterocycles. The number of nitrogens with two attached hydrogens (primary N) is 1. The van der Waals surface area contributed by atoms with Crippen LogP contribution in [0, 0.1) is 0 Å². The van der Waals surface area contributed by atoms with Crippen LogP contribution in [0.25, 0.3) is 0 Å². The molecule has 64 valence electrons. The Balaban J connectivity index is 2.64. The highest BCUT2D eigenvalue weighted by Crippen LogP contribution is 2.01. The molecule has 1 aromatic heterocycles. The van der Waals surface area contributed by atoms with Gasteiger partial charge in [-0.25, -0.2) is 11.2 Å². The largest absolute Gasteiger partial charge is 0.299 e. The average Bonchev–Trinajstić information content (AvgIpc) is 2.09. The van der Waals surface area contributed by atoms with Gasteiger partial charge in [0.15, 0.2) is 5.15 Å². The van der Waals surface area contributed by atoms with Crippen molar-refractivity contribution in [2.75, 3.05) is 5.32 Å². The number of aromatic amines is 1. The molecule has 0 bridgehead atoms. The Morgan fingerprint density at radius 3 is 2.92 bits per heavy atom. The maximum Gasteiger partial charge on any atom is 0.299 e. The van der Waals surface area contributed by atoms with E-state index in [1.807, 2.05) is 0 Å². The lowest BCUT2D eigenvalue weighted by Gasteiger charge is -1.96. The fourth-order valence-electron chi connectivity index (χ4n) is 0.568. The predicted molar refractivity (Wildman–Crippen MR) is 49.3 cm³/mol. The standard InChI is InChI=1S/C5H6ClN5S/c6-3-1-2-4(11-10-3)8-5(12)9-7/h1-2H,7H2,(H2,8,9,11,12)/p+1. The molecule has 0 fully saturated rings. The van der Waals surface area contributed by atoms with Crippen LogP contribution in [0.2, 0.25) is 5.15 Å². The topological polar surface area (TPSA) is 77.1 Å². The van der Waals surface area contributed by atoms with Crippen molar-refractivity contribution in [3.05, 3.63) is 17.3 Å². The van der Waals surface area contributed by atoms with Crippen molar-refractivity contribution in [2.24, 2.45) is 5.84 Å². The van der Waals surface area contributed by atoms with E-state index in [0.29, 0.717) is 16.1 Å². The third-order valence-electron chi connectivity index (χ3n) is 1.05. The minimum atomic E-state index is 0.301. The van der Waals surface area contributed by atoms with Gasteiger partial charge in [-0.1, -0.05) is 16.7 Å². The minimum absolute atomic E-state index is 0.301. The van der Waals surface area contributed by atoms with Crippen LogP contribution in [0.1, 0.15) is 0 Å². The smallest absolute Gasteiger partial charge is 0.281 e. The first-order valence-corrected chi connectivity index (χ1v) is 3.83. The zero-order valence-corrected chi connectivity index (χ0v) is 7.54. The zero-order chi connectivity index (χ0) is 8.97. The van der Waals surface area contributed by atoms with Crippen molar-refractivity contribution >= 4 is 34.7 Å². The van der Waals surface area contributed by atoms with Gasteiger partial charge in [0.1, 0.15) is 0 Å². The van der Waals surface area contributed by atoms with Crippen LogP contribution in [0.4, 0.5) is 5.82 Å². The van der Waals surface area contributed by atoms with E-state index < -0.39 is 0 Å². The van der Waals surface area contributed by atoms with Crippen molar-refractivity contribution in [2.45, 2.75) is 0 Å². The maximum absolute atomic E-state index is 5.54. The second-order valence-corrected chi connectivity index (χ2v) is 2.69. The van der Waals surface area contributed by atoms with Crippen LogP contribution < -0.4 is 21.7 Å².